The summed E-state index contributed by atoms with van der Waals surface area (Å²) in [5, 5.41) is 9.10. The van der Waals surface area contributed by atoms with E-state index in [-0.39, 0.29) is 5.56 Å². The van der Waals surface area contributed by atoms with Crippen molar-refractivity contribution < 1.29 is 9.90 Å². The second kappa shape index (κ2) is 6.91. The highest BCUT2D eigenvalue weighted by molar-refractivity contribution is 5.88. The van der Waals surface area contributed by atoms with Crippen LogP contribution >= 0.6 is 0 Å². The minimum Gasteiger partial charge on any atom is -0.477 e. The lowest BCUT2D eigenvalue weighted by Gasteiger charge is -2.28. The first-order valence-electron chi connectivity index (χ1n) is 8.45. The minimum absolute atomic E-state index is 0.208. The summed E-state index contributed by atoms with van der Waals surface area (Å²) in [5.41, 5.74) is 2.87. The molecule has 2 N–H and O–H groups in total. The molecule has 1 aliphatic rings. The molecule has 5 heteroatoms. The number of hydrogen-bond donors (Lipinski definition) is 2. The van der Waals surface area contributed by atoms with Crippen LogP contribution in [-0.4, -0.2) is 29.1 Å². The quantitative estimate of drug-likeness (QED) is 0.904. The Morgan fingerprint density at radius 2 is 1.83 bits per heavy atom. The number of H-pyrrole nitrogens is 1. The first-order chi connectivity index (χ1) is 11.6. The van der Waals surface area contributed by atoms with Gasteiger partial charge in [0.25, 0.3) is 5.56 Å². The molecule has 3 rings (SSSR count). The second-order valence-corrected chi connectivity index (χ2v) is 6.17. The van der Waals surface area contributed by atoms with Crippen LogP contribution in [0.4, 0.5) is 5.69 Å². The molecule has 2 aromatic rings. The maximum atomic E-state index is 12.0. The molecular weight excluding hydrogens is 304 g/mol. The number of carboxylic acid groups (broad SMARTS) is 1. The summed E-state index contributed by atoms with van der Waals surface area (Å²) in [6.45, 7) is 4.12. The van der Waals surface area contributed by atoms with E-state index in [1.165, 1.54) is 31.0 Å². The largest absolute Gasteiger partial charge is 0.477 e. The molecule has 1 aliphatic heterocycles. The first-order valence-corrected chi connectivity index (χ1v) is 8.45. The monoisotopic (exact) mass is 326 g/mol. The molecule has 0 amide bonds. The van der Waals surface area contributed by atoms with Gasteiger partial charge in [-0.2, -0.15) is 0 Å². The van der Waals surface area contributed by atoms with Gasteiger partial charge >= 0.3 is 5.97 Å². The van der Waals surface area contributed by atoms with Gasteiger partial charge < -0.3 is 15.0 Å². The lowest BCUT2D eigenvalue weighted by molar-refractivity contribution is 0.0695. The molecule has 0 spiro atoms. The Balaban J connectivity index is 1.95. The first kappa shape index (κ1) is 16.3. The number of aromatic carboxylic acids is 1. The summed E-state index contributed by atoms with van der Waals surface area (Å²) in [4.78, 5) is 28.2. The van der Waals surface area contributed by atoms with E-state index in [1.54, 1.807) is 0 Å². The average molecular weight is 326 g/mol. The van der Waals surface area contributed by atoms with Gasteiger partial charge in [0.05, 0.1) is 5.69 Å². The van der Waals surface area contributed by atoms with Gasteiger partial charge in [-0.25, -0.2) is 4.79 Å². The van der Waals surface area contributed by atoms with Crippen LogP contribution in [0.2, 0.25) is 0 Å². The van der Waals surface area contributed by atoms with Crippen LogP contribution in [0.5, 0.6) is 0 Å². The van der Waals surface area contributed by atoms with Gasteiger partial charge in [-0.1, -0.05) is 19.1 Å². The third-order valence-corrected chi connectivity index (χ3v) is 4.61. The van der Waals surface area contributed by atoms with Gasteiger partial charge in [-0.05, 0) is 55.0 Å². The molecule has 24 heavy (non-hydrogen) atoms. The Morgan fingerprint density at radius 3 is 2.42 bits per heavy atom. The number of carboxylic acids is 1. The van der Waals surface area contributed by atoms with Gasteiger partial charge in [0.15, 0.2) is 0 Å². The number of carbonyl (C=O) groups is 1. The topological polar surface area (TPSA) is 73.4 Å². The Kier molecular flexibility index (Phi) is 4.69. The Bertz CT molecular complexity index is 787. The van der Waals surface area contributed by atoms with Gasteiger partial charge in [0, 0.05) is 18.8 Å². The van der Waals surface area contributed by atoms with E-state index < -0.39 is 11.5 Å². The third kappa shape index (κ3) is 3.20. The normalized spacial score (nSPS) is 14.6. The molecule has 126 valence electrons. The lowest BCUT2D eigenvalue weighted by atomic mass is 10.0. The zero-order valence-corrected chi connectivity index (χ0v) is 13.8. The van der Waals surface area contributed by atoms with E-state index in [1.807, 2.05) is 19.1 Å². The van der Waals surface area contributed by atoms with Gasteiger partial charge in [0.1, 0.15) is 5.56 Å². The molecule has 1 aromatic carbocycles. The maximum absolute atomic E-state index is 12.0. The van der Waals surface area contributed by atoms with Gasteiger partial charge in [0.2, 0.25) is 0 Å². The molecule has 2 heterocycles. The van der Waals surface area contributed by atoms with E-state index in [0.29, 0.717) is 12.1 Å². The number of aromatic amines is 1. The van der Waals surface area contributed by atoms with Crippen LogP contribution in [0.1, 0.15) is 42.1 Å². The standard InChI is InChI=1S/C19H22N2O3/c1-2-13-12-16(19(23)24)18(22)20-17(13)14-6-8-15(9-7-14)21-10-4-3-5-11-21/h6-9,12H,2-5,10-11H2,1H3,(H,20,22)(H,23,24). The number of aryl methyl sites for hydroxylation is 1. The van der Waals surface area contributed by atoms with E-state index in [0.717, 1.165) is 24.2 Å². The number of piperidine rings is 1. The molecular formula is C19H22N2O3. The van der Waals surface area contributed by atoms with Crippen molar-refractivity contribution in [2.45, 2.75) is 32.6 Å². The molecule has 1 fully saturated rings. The zero-order valence-electron chi connectivity index (χ0n) is 13.8. The average Bonchev–Trinajstić information content (AvgIpc) is 2.62. The van der Waals surface area contributed by atoms with Crippen LogP contribution in [0.25, 0.3) is 11.3 Å². The highest BCUT2D eigenvalue weighted by Gasteiger charge is 2.15. The number of nitrogens with zero attached hydrogens (tertiary/aromatic N) is 1. The van der Waals surface area contributed by atoms with Crippen molar-refractivity contribution in [2.24, 2.45) is 0 Å². The highest BCUT2D eigenvalue weighted by Crippen LogP contribution is 2.26. The molecule has 0 aliphatic carbocycles. The van der Waals surface area contributed by atoms with E-state index in [4.69, 9.17) is 5.11 Å². The number of benzene rings is 1. The number of nitrogens with one attached hydrogen (secondary N) is 1. The van der Waals surface area contributed by atoms with Crippen molar-refractivity contribution in [3.63, 3.8) is 0 Å². The number of pyridine rings is 1. The summed E-state index contributed by atoms with van der Waals surface area (Å²) < 4.78 is 0. The van der Waals surface area contributed by atoms with Crippen molar-refractivity contribution in [1.82, 2.24) is 4.98 Å². The molecule has 0 bridgehead atoms. The number of hydrogen-bond acceptors (Lipinski definition) is 3. The molecule has 0 radical (unpaired) electrons. The molecule has 0 saturated carbocycles. The van der Waals surface area contributed by atoms with Crippen LogP contribution in [-0.2, 0) is 6.42 Å². The van der Waals surface area contributed by atoms with Gasteiger partial charge in [-0.3, -0.25) is 4.79 Å². The number of anilines is 1. The van der Waals surface area contributed by atoms with Crippen LogP contribution in [0, 0.1) is 0 Å². The van der Waals surface area contributed by atoms with Crippen LogP contribution in [0.15, 0.2) is 35.1 Å². The molecule has 1 aromatic heterocycles. The highest BCUT2D eigenvalue weighted by atomic mass is 16.4. The Hall–Kier alpha value is -2.56. The predicted molar refractivity (Wildman–Crippen MR) is 94.9 cm³/mol. The minimum atomic E-state index is -1.20. The van der Waals surface area contributed by atoms with Crippen LogP contribution in [0.3, 0.4) is 0 Å². The summed E-state index contributed by atoms with van der Waals surface area (Å²) in [6.07, 6.45) is 4.41. The van der Waals surface area contributed by atoms with E-state index >= 15 is 0 Å². The molecule has 1 saturated heterocycles. The fourth-order valence-corrected chi connectivity index (χ4v) is 3.26. The van der Waals surface area contributed by atoms with E-state index in [9.17, 15) is 9.59 Å². The Labute approximate surface area is 140 Å². The molecule has 0 unspecified atom stereocenters. The van der Waals surface area contributed by atoms with Crippen molar-refractivity contribution in [1.29, 1.82) is 0 Å². The number of aromatic nitrogens is 1. The third-order valence-electron chi connectivity index (χ3n) is 4.61. The predicted octanol–water partition coefficient (Wildman–Crippen LogP) is 3.29. The van der Waals surface area contributed by atoms with Gasteiger partial charge in [-0.15, -0.1) is 0 Å². The summed E-state index contributed by atoms with van der Waals surface area (Å²) in [6, 6.07) is 9.62. The van der Waals surface area contributed by atoms with Crippen molar-refractivity contribution in [2.75, 3.05) is 18.0 Å². The van der Waals surface area contributed by atoms with Crippen molar-refractivity contribution in [3.8, 4) is 11.3 Å². The van der Waals surface area contributed by atoms with Crippen molar-refractivity contribution in [3.05, 3.63) is 51.8 Å². The maximum Gasteiger partial charge on any atom is 0.341 e. The Morgan fingerprint density at radius 1 is 1.17 bits per heavy atom. The molecule has 5 nitrogen and oxygen atoms in total. The van der Waals surface area contributed by atoms with Crippen molar-refractivity contribution >= 4 is 11.7 Å². The summed E-state index contributed by atoms with van der Waals surface area (Å²) >= 11 is 0. The molecule has 0 atom stereocenters. The van der Waals surface area contributed by atoms with Crippen LogP contribution < -0.4 is 10.5 Å². The number of rotatable bonds is 4. The summed E-state index contributed by atoms with van der Waals surface area (Å²) in [7, 11) is 0. The smallest absolute Gasteiger partial charge is 0.341 e. The second-order valence-electron chi connectivity index (χ2n) is 6.17. The SMILES string of the molecule is CCc1cc(C(=O)O)c(=O)[nH]c1-c1ccc(N2CCCCC2)cc1. The lowest BCUT2D eigenvalue weighted by Crippen LogP contribution is -2.29. The fraction of sp³-hybridized carbons (Fsp3) is 0.368. The fourth-order valence-electron chi connectivity index (χ4n) is 3.26. The summed E-state index contributed by atoms with van der Waals surface area (Å²) in [5.74, 6) is -1.20. The van der Waals surface area contributed by atoms with E-state index in [2.05, 4.69) is 22.0 Å². The zero-order chi connectivity index (χ0) is 17.1.